The molecule has 0 aliphatic heterocycles. The second-order valence-corrected chi connectivity index (χ2v) is 8.52. The number of hydrogen-bond acceptors (Lipinski definition) is 5. The summed E-state index contributed by atoms with van der Waals surface area (Å²) in [5.41, 5.74) is 0.424. The standard InChI is InChI=1S/C21H39N5O3/c1-9-16-13-17(29-25-16)14-23-19(22-10-2)26(8)12-11-18(15(3)4)24-20(27)28-21(5,6)7/h13,15,18H,9-12,14H2,1-8H3,(H,22,23)(H,24,27). The molecule has 1 amide bonds. The van der Waals surface area contributed by atoms with E-state index in [0.29, 0.717) is 6.54 Å². The highest BCUT2D eigenvalue weighted by Crippen LogP contribution is 2.11. The quantitative estimate of drug-likeness (QED) is 0.478. The number of ether oxygens (including phenoxy) is 1. The van der Waals surface area contributed by atoms with Crippen molar-refractivity contribution in [2.24, 2.45) is 10.9 Å². The van der Waals surface area contributed by atoms with Crippen molar-refractivity contribution < 1.29 is 14.1 Å². The zero-order valence-corrected chi connectivity index (χ0v) is 19.3. The first-order valence-electron chi connectivity index (χ1n) is 10.5. The summed E-state index contributed by atoms with van der Waals surface area (Å²) in [6, 6.07) is 1.95. The molecule has 8 heteroatoms. The number of carbonyl (C=O) groups is 1. The maximum Gasteiger partial charge on any atom is 0.407 e. The minimum absolute atomic E-state index is 0.0107. The van der Waals surface area contributed by atoms with Gasteiger partial charge in [-0.15, -0.1) is 0 Å². The number of nitrogens with one attached hydrogen (secondary N) is 2. The highest BCUT2D eigenvalue weighted by atomic mass is 16.6. The SMILES string of the molecule is CCNC(=NCc1cc(CC)no1)N(C)CCC(NC(=O)OC(C)(C)C)C(C)C. The minimum Gasteiger partial charge on any atom is -0.444 e. The topological polar surface area (TPSA) is 92.0 Å². The van der Waals surface area contributed by atoms with Crippen molar-refractivity contribution in [2.45, 2.75) is 79.5 Å². The van der Waals surface area contributed by atoms with Crippen LogP contribution in [0, 0.1) is 5.92 Å². The lowest BCUT2D eigenvalue weighted by Gasteiger charge is -2.28. The average Bonchev–Trinajstić information content (AvgIpc) is 3.08. The Kier molecular flexibility index (Phi) is 9.98. The molecule has 0 aromatic carbocycles. The molecule has 0 aliphatic carbocycles. The molecule has 1 heterocycles. The van der Waals surface area contributed by atoms with Gasteiger partial charge in [-0.05, 0) is 46.5 Å². The second kappa shape index (κ2) is 11.7. The van der Waals surface area contributed by atoms with Gasteiger partial charge in [0, 0.05) is 32.2 Å². The number of hydrogen-bond donors (Lipinski definition) is 2. The molecule has 0 saturated heterocycles. The van der Waals surface area contributed by atoms with Crippen molar-refractivity contribution in [1.29, 1.82) is 0 Å². The summed E-state index contributed by atoms with van der Waals surface area (Å²) in [5, 5.41) is 10.3. The second-order valence-electron chi connectivity index (χ2n) is 8.52. The fraction of sp³-hybridized carbons (Fsp3) is 0.762. The number of aromatic nitrogens is 1. The first kappa shape index (κ1) is 24.8. The highest BCUT2D eigenvalue weighted by Gasteiger charge is 2.22. The van der Waals surface area contributed by atoms with Crippen LogP contribution in [0.5, 0.6) is 0 Å². The largest absolute Gasteiger partial charge is 0.444 e. The molecule has 0 fully saturated rings. The molecule has 1 rings (SSSR count). The van der Waals surface area contributed by atoms with Crippen LogP contribution in [-0.4, -0.2) is 53.9 Å². The van der Waals surface area contributed by atoms with E-state index in [0.717, 1.165) is 43.3 Å². The normalized spacial score (nSPS) is 13.3. The maximum atomic E-state index is 12.1. The number of rotatable bonds is 9. The summed E-state index contributed by atoms with van der Waals surface area (Å²) in [5.74, 6) is 1.83. The van der Waals surface area contributed by atoms with Crippen molar-refractivity contribution in [3.8, 4) is 0 Å². The molecule has 0 spiro atoms. The summed E-state index contributed by atoms with van der Waals surface area (Å²) < 4.78 is 10.7. The summed E-state index contributed by atoms with van der Waals surface area (Å²) in [6.07, 6.45) is 1.24. The van der Waals surface area contributed by atoms with E-state index in [-0.39, 0.29) is 18.1 Å². The van der Waals surface area contributed by atoms with Crippen LogP contribution in [-0.2, 0) is 17.7 Å². The Labute approximate surface area is 175 Å². The van der Waals surface area contributed by atoms with E-state index in [2.05, 4.69) is 39.5 Å². The fourth-order valence-electron chi connectivity index (χ4n) is 2.69. The predicted molar refractivity (Wildman–Crippen MR) is 116 cm³/mol. The summed E-state index contributed by atoms with van der Waals surface area (Å²) in [7, 11) is 1.99. The summed E-state index contributed by atoms with van der Waals surface area (Å²) in [6.45, 7) is 15.8. The number of guanidine groups is 1. The lowest BCUT2D eigenvalue weighted by atomic mass is 10.0. The molecule has 1 atom stereocenters. The molecule has 1 aromatic rings. The van der Waals surface area contributed by atoms with Gasteiger partial charge in [0.05, 0.1) is 5.69 Å². The third-order valence-electron chi connectivity index (χ3n) is 4.33. The molecular formula is C21H39N5O3. The molecule has 1 aromatic heterocycles. The van der Waals surface area contributed by atoms with Gasteiger partial charge in [-0.25, -0.2) is 9.79 Å². The van der Waals surface area contributed by atoms with Gasteiger partial charge in [-0.3, -0.25) is 0 Å². The van der Waals surface area contributed by atoms with Crippen molar-refractivity contribution >= 4 is 12.1 Å². The Morgan fingerprint density at radius 3 is 2.55 bits per heavy atom. The van der Waals surface area contributed by atoms with Gasteiger partial charge in [0.15, 0.2) is 11.7 Å². The highest BCUT2D eigenvalue weighted by molar-refractivity contribution is 5.79. The number of nitrogens with zero attached hydrogens (tertiary/aromatic N) is 3. The number of aliphatic imine (C=N–C) groups is 1. The summed E-state index contributed by atoms with van der Waals surface area (Å²) in [4.78, 5) is 18.9. The molecule has 8 nitrogen and oxygen atoms in total. The van der Waals surface area contributed by atoms with E-state index in [1.807, 2.05) is 47.7 Å². The third-order valence-corrected chi connectivity index (χ3v) is 4.33. The number of carbonyl (C=O) groups excluding carboxylic acids is 1. The number of alkyl carbamates (subject to hydrolysis) is 1. The molecule has 2 N–H and O–H groups in total. The van der Waals surface area contributed by atoms with Gasteiger partial charge in [0.1, 0.15) is 12.1 Å². The average molecular weight is 410 g/mol. The van der Waals surface area contributed by atoms with Gasteiger partial charge in [-0.1, -0.05) is 25.9 Å². The number of amides is 1. The Balaban J connectivity index is 2.67. The van der Waals surface area contributed by atoms with Crippen LogP contribution in [0.3, 0.4) is 0 Å². The van der Waals surface area contributed by atoms with Crippen molar-refractivity contribution in [1.82, 2.24) is 20.7 Å². The zero-order chi connectivity index (χ0) is 22.0. The van der Waals surface area contributed by atoms with Gasteiger partial charge < -0.3 is 24.8 Å². The van der Waals surface area contributed by atoms with Gasteiger partial charge >= 0.3 is 6.09 Å². The smallest absolute Gasteiger partial charge is 0.407 e. The van der Waals surface area contributed by atoms with Crippen LogP contribution in [0.15, 0.2) is 15.6 Å². The Morgan fingerprint density at radius 2 is 2.03 bits per heavy atom. The maximum absolute atomic E-state index is 12.1. The van der Waals surface area contributed by atoms with Gasteiger partial charge in [0.2, 0.25) is 0 Å². The van der Waals surface area contributed by atoms with Crippen LogP contribution in [0.25, 0.3) is 0 Å². The van der Waals surface area contributed by atoms with E-state index in [9.17, 15) is 4.79 Å². The van der Waals surface area contributed by atoms with Gasteiger partial charge in [-0.2, -0.15) is 0 Å². The van der Waals surface area contributed by atoms with Crippen LogP contribution in [0.4, 0.5) is 4.79 Å². The fourth-order valence-corrected chi connectivity index (χ4v) is 2.69. The van der Waals surface area contributed by atoms with Crippen LogP contribution in [0.2, 0.25) is 0 Å². The molecule has 29 heavy (non-hydrogen) atoms. The first-order valence-corrected chi connectivity index (χ1v) is 10.5. The minimum atomic E-state index is -0.508. The van der Waals surface area contributed by atoms with Crippen molar-refractivity contribution in [2.75, 3.05) is 20.1 Å². The van der Waals surface area contributed by atoms with E-state index >= 15 is 0 Å². The van der Waals surface area contributed by atoms with E-state index in [1.165, 1.54) is 0 Å². The Hall–Kier alpha value is -2.25. The molecule has 0 saturated carbocycles. The molecule has 0 aliphatic rings. The van der Waals surface area contributed by atoms with E-state index in [1.54, 1.807) is 0 Å². The first-order chi connectivity index (χ1) is 13.6. The van der Waals surface area contributed by atoms with Crippen LogP contribution in [0.1, 0.15) is 66.3 Å². The molecule has 1 unspecified atom stereocenters. The van der Waals surface area contributed by atoms with E-state index < -0.39 is 5.60 Å². The van der Waals surface area contributed by atoms with Crippen molar-refractivity contribution in [3.63, 3.8) is 0 Å². The van der Waals surface area contributed by atoms with Gasteiger partial charge in [0.25, 0.3) is 0 Å². The lowest BCUT2D eigenvalue weighted by molar-refractivity contribution is 0.0486. The molecule has 166 valence electrons. The zero-order valence-electron chi connectivity index (χ0n) is 19.3. The van der Waals surface area contributed by atoms with Crippen LogP contribution < -0.4 is 10.6 Å². The van der Waals surface area contributed by atoms with E-state index in [4.69, 9.17) is 9.26 Å². The molecule has 0 bridgehead atoms. The summed E-state index contributed by atoms with van der Waals surface area (Å²) >= 11 is 0. The van der Waals surface area contributed by atoms with Crippen LogP contribution >= 0.6 is 0 Å². The Bertz CT molecular complexity index is 649. The van der Waals surface area contributed by atoms with Crippen molar-refractivity contribution in [3.05, 3.63) is 17.5 Å². The monoisotopic (exact) mass is 409 g/mol. The predicted octanol–water partition coefficient (Wildman–Crippen LogP) is 3.57. The molecular weight excluding hydrogens is 370 g/mol. The lowest BCUT2D eigenvalue weighted by Crippen LogP contribution is -2.45. The number of aryl methyl sites for hydroxylation is 1. The molecule has 0 radical (unpaired) electrons. The third kappa shape index (κ3) is 9.67. The Morgan fingerprint density at radius 1 is 1.34 bits per heavy atom.